The molecule has 1 saturated heterocycles. The number of carbonyl (C=O) groups excluding carboxylic acids is 1. The Bertz CT molecular complexity index is 426. The molecule has 0 bridgehead atoms. The Labute approximate surface area is 139 Å². The molecule has 132 valence electrons. The smallest absolute Gasteiger partial charge is 0.326 e. The number of piperidine rings is 1. The minimum atomic E-state index is -0.851. The number of rotatable bonds is 6. The molecule has 2 rings (SSSR count). The molecule has 0 spiro atoms. The first kappa shape index (κ1) is 18.2. The average Bonchev–Trinajstić information content (AvgIpc) is 2.53. The van der Waals surface area contributed by atoms with Gasteiger partial charge >= 0.3 is 5.97 Å². The van der Waals surface area contributed by atoms with Crippen LogP contribution in [0.1, 0.15) is 72.1 Å². The van der Waals surface area contributed by atoms with Crippen molar-refractivity contribution < 1.29 is 14.7 Å². The molecule has 0 unspecified atom stereocenters. The van der Waals surface area contributed by atoms with Crippen molar-refractivity contribution in [2.45, 2.75) is 96.3 Å². The standard InChI is InChI=1S/C18H32N2O3/c1-4-7-12(2)19-13(3)17(21)20-15-9-6-5-8-14(15)10-11-16(20)18(22)23/h12-16,19H,4-11H2,1-3H3,(H,22,23)/t12-,13+,14+,15+,16+/m1/s1. The fraction of sp³-hybridized carbons (Fsp3) is 0.889. The van der Waals surface area contributed by atoms with Gasteiger partial charge in [-0.2, -0.15) is 0 Å². The zero-order valence-corrected chi connectivity index (χ0v) is 14.8. The number of hydrogen-bond acceptors (Lipinski definition) is 3. The quantitative estimate of drug-likeness (QED) is 0.788. The number of carbonyl (C=O) groups is 2. The molecule has 0 aromatic heterocycles. The van der Waals surface area contributed by atoms with E-state index in [1.165, 1.54) is 6.42 Å². The summed E-state index contributed by atoms with van der Waals surface area (Å²) in [5, 5.41) is 12.9. The Morgan fingerprint density at radius 1 is 1.17 bits per heavy atom. The van der Waals surface area contributed by atoms with Gasteiger partial charge in [-0.3, -0.25) is 4.79 Å². The fourth-order valence-corrected chi connectivity index (χ4v) is 4.43. The van der Waals surface area contributed by atoms with E-state index < -0.39 is 12.0 Å². The first-order valence-corrected chi connectivity index (χ1v) is 9.26. The lowest BCUT2D eigenvalue weighted by Crippen LogP contribution is -2.61. The van der Waals surface area contributed by atoms with Crippen LogP contribution in [0.3, 0.4) is 0 Å². The molecule has 1 saturated carbocycles. The van der Waals surface area contributed by atoms with E-state index in [2.05, 4.69) is 19.2 Å². The van der Waals surface area contributed by atoms with Crippen molar-refractivity contribution in [2.24, 2.45) is 5.92 Å². The lowest BCUT2D eigenvalue weighted by molar-refractivity contribution is -0.159. The molecule has 23 heavy (non-hydrogen) atoms. The minimum absolute atomic E-state index is 0.0306. The maximum Gasteiger partial charge on any atom is 0.326 e. The number of nitrogens with zero attached hydrogens (tertiary/aromatic N) is 1. The largest absolute Gasteiger partial charge is 0.480 e. The molecule has 0 aromatic carbocycles. The number of carboxylic acids is 1. The van der Waals surface area contributed by atoms with E-state index in [-0.39, 0.29) is 24.0 Å². The number of amides is 1. The van der Waals surface area contributed by atoms with Crippen molar-refractivity contribution in [1.29, 1.82) is 0 Å². The molecule has 5 nitrogen and oxygen atoms in total. The van der Waals surface area contributed by atoms with E-state index in [4.69, 9.17) is 0 Å². The zero-order valence-electron chi connectivity index (χ0n) is 14.8. The van der Waals surface area contributed by atoms with Crippen molar-refractivity contribution in [3.63, 3.8) is 0 Å². The maximum atomic E-state index is 13.0. The van der Waals surface area contributed by atoms with Crippen molar-refractivity contribution in [3.8, 4) is 0 Å². The van der Waals surface area contributed by atoms with Gasteiger partial charge < -0.3 is 15.3 Å². The van der Waals surface area contributed by atoms with E-state index in [1.54, 1.807) is 4.90 Å². The van der Waals surface area contributed by atoms with Gasteiger partial charge in [0.15, 0.2) is 0 Å². The molecule has 1 heterocycles. The van der Waals surface area contributed by atoms with Gasteiger partial charge in [-0.05, 0) is 51.9 Å². The van der Waals surface area contributed by atoms with Gasteiger partial charge in [0.1, 0.15) is 6.04 Å². The number of hydrogen-bond donors (Lipinski definition) is 2. The lowest BCUT2D eigenvalue weighted by atomic mass is 9.76. The summed E-state index contributed by atoms with van der Waals surface area (Å²) in [5.41, 5.74) is 0. The topological polar surface area (TPSA) is 69.6 Å². The van der Waals surface area contributed by atoms with Crippen LogP contribution in [0.2, 0.25) is 0 Å². The third-order valence-electron chi connectivity index (χ3n) is 5.54. The second-order valence-electron chi connectivity index (χ2n) is 7.37. The van der Waals surface area contributed by atoms with Gasteiger partial charge in [-0.15, -0.1) is 0 Å². The SMILES string of the molecule is CCC[C@@H](C)N[C@@H](C)C(=O)N1[C@H](C(=O)O)CC[C@@H]2CCCC[C@@H]21. The van der Waals surface area contributed by atoms with Crippen molar-refractivity contribution >= 4 is 11.9 Å². The van der Waals surface area contributed by atoms with E-state index in [0.717, 1.165) is 38.5 Å². The molecular formula is C18H32N2O3. The van der Waals surface area contributed by atoms with Crippen LogP contribution >= 0.6 is 0 Å². The predicted molar refractivity (Wildman–Crippen MR) is 90.2 cm³/mol. The van der Waals surface area contributed by atoms with Crippen LogP contribution < -0.4 is 5.32 Å². The second-order valence-corrected chi connectivity index (χ2v) is 7.37. The highest BCUT2D eigenvalue weighted by Gasteiger charge is 2.44. The lowest BCUT2D eigenvalue weighted by Gasteiger charge is -2.48. The normalized spacial score (nSPS) is 30.4. The summed E-state index contributed by atoms with van der Waals surface area (Å²) in [5.74, 6) is -0.392. The van der Waals surface area contributed by atoms with Crippen molar-refractivity contribution in [3.05, 3.63) is 0 Å². The van der Waals surface area contributed by atoms with Crippen LogP contribution in [0.4, 0.5) is 0 Å². The molecule has 5 heteroatoms. The summed E-state index contributed by atoms with van der Waals surface area (Å²) in [6.45, 7) is 6.09. The number of carboxylic acid groups (broad SMARTS) is 1. The van der Waals surface area contributed by atoms with Crippen LogP contribution in [0.15, 0.2) is 0 Å². The first-order chi connectivity index (χ1) is 11.0. The summed E-state index contributed by atoms with van der Waals surface area (Å²) in [6, 6.07) is -0.572. The third-order valence-corrected chi connectivity index (χ3v) is 5.54. The minimum Gasteiger partial charge on any atom is -0.480 e. The summed E-state index contributed by atoms with van der Waals surface area (Å²) in [6.07, 6.45) is 8.03. The first-order valence-electron chi connectivity index (χ1n) is 9.26. The van der Waals surface area contributed by atoms with Gasteiger partial charge in [0.2, 0.25) is 5.91 Å². The van der Waals surface area contributed by atoms with Crippen LogP contribution in [-0.2, 0) is 9.59 Å². The summed E-state index contributed by atoms with van der Waals surface area (Å²) < 4.78 is 0. The van der Waals surface area contributed by atoms with Gasteiger partial charge in [0, 0.05) is 12.1 Å². The third kappa shape index (κ3) is 4.25. The molecule has 2 aliphatic rings. The van der Waals surface area contributed by atoms with Crippen molar-refractivity contribution in [2.75, 3.05) is 0 Å². The molecule has 1 aliphatic heterocycles. The van der Waals surface area contributed by atoms with Gasteiger partial charge in [0.05, 0.1) is 6.04 Å². The highest BCUT2D eigenvalue weighted by Crippen LogP contribution is 2.38. The molecular weight excluding hydrogens is 292 g/mol. The molecule has 2 fully saturated rings. The second kappa shape index (κ2) is 8.13. The fourth-order valence-electron chi connectivity index (χ4n) is 4.43. The van der Waals surface area contributed by atoms with Crippen molar-refractivity contribution in [1.82, 2.24) is 10.2 Å². The highest BCUT2D eigenvalue weighted by atomic mass is 16.4. The van der Waals surface area contributed by atoms with Crippen LogP contribution in [-0.4, -0.2) is 46.1 Å². The van der Waals surface area contributed by atoms with Crippen LogP contribution in [0.25, 0.3) is 0 Å². The van der Waals surface area contributed by atoms with E-state index in [1.807, 2.05) is 6.92 Å². The molecule has 0 aromatic rings. The Kier molecular flexibility index (Phi) is 6.45. The Hall–Kier alpha value is -1.10. The van der Waals surface area contributed by atoms with Gasteiger partial charge in [-0.1, -0.05) is 26.2 Å². The number of fused-ring (bicyclic) bond motifs is 1. The van der Waals surface area contributed by atoms with Gasteiger partial charge in [0.25, 0.3) is 0 Å². The molecule has 5 atom stereocenters. The van der Waals surface area contributed by atoms with Crippen LogP contribution in [0.5, 0.6) is 0 Å². The van der Waals surface area contributed by atoms with E-state index in [0.29, 0.717) is 12.3 Å². The Morgan fingerprint density at radius 2 is 1.87 bits per heavy atom. The van der Waals surface area contributed by atoms with Crippen LogP contribution in [0, 0.1) is 5.92 Å². The number of aliphatic carboxylic acids is 1. The molecule has 0 radical (unpaired) electrons. The number of nitrogens with one attached hydrogen (secondary N) is 1. The average molecular weight is 324 g/mol. The van der Waals surface area contributed by atoms with E-state index >= 15 is 0 Å². The maximum absolute atomic E-state index is 13.0. The predicted octanol–water partition coefficient (Wildman–Crippen LogP) is 2.79. The summed E-state index contributed by atoms with van der Waals surface area (Å²) in [4.78, 5) is 26.4. The summed E-state index contributed by atoms with van der Waals surface area (Å²) >= 11 is 0. The Balaban J connectivity index is 2.12. The van der Waals surface area contributed by atoms with Gasteiger partial charge in [-0.25, -0.2) is 4.79 Å². The van der Waals surface area contributed by atoms with E-state index in [9.17, 15) is 14.7 Å². The molecule has 1 aliphatic carbocycles. The molecule has 1 amide bonds. The summed E-state index contributed by atoms with van der Waals surface area (Å²) in [7, 11) is 0. The Morgan fingerprint density at radius 3 is 2.52 bits per heavy atom. The number of likely N-dealkylation sites (tertiary alicyclic amines) is 1. The zero-order chi connectivity index (χ0) is 17.0. The monoisotopic (exact) mass is 324 g/mol. The highest BCUT2D eigenvalue weighted by molar-refractivity contribution is 5.87. The molecule has 2 N–H and O–H groups in total.